The molecule has 3 nitrogen and oxygen atoms in total. The molecule has 0 spiro atoms. The SMILES string of the molecule is O=C(O)c1ccc(CNc2ccc(I)cc2Cl)cc1F. The zero-order valence-corrected chi connectivity index (χ0v) is 13.1. The average Bonchev–Trinajstić information content (AvgIpc) is 2.37. The molecule has 2 aromatic rings. The van der Waals surface area contributed by atoms with E-state index in [9.17, 15) is 9.18 Å². The summed E-state index contributed by atoms with van der Waals surface area (Å²) in [6, 6.07) is 9.59. The quantitative estimate of drug-likeness (QED) is 0.742. The van der Waals surface area contributed by atoms with Gasteiger partial charge in [0, 0.05) is 10.1 Å². The van der Waals surface area contributed by atoms with Crippen LogP contribution in [0.2, 0.25) is 5.02 Å². The van der Waals surface area contributed by atoms with Gasteiger partial charge in [0.1, 0.15) is 5.82 Å². The summed E-state index contributed by atoms with van der Waals surface area (Å²) in [6.45, 7) is 0.358. The van der Waals surface area contributed by atoms with E-state index < -0.39 is 11.8 Å². The molecule has 0 bridgehead atoms. The molecule has 6 heteroatoms. The van der Waals surface area contributed by atoms with Gasteiger partial charge in [0.05, 0.1) is 16.3 Å². The van der Waals surface area contributed by atoms with Gasteiger partial charge in [-0.15, -0.1) is 0 Å². The molecule has 0 saturated heterocycles. The highest BCUT2D eigenvalue weighted by molar-refractivity contribution is 14.1. The second-order valence-electron chi connectivity index (χ2n) is 4.10. The van der Waals surface area contributed by atoms with Crippen molar-refractivity contribution in [3.8, 4) is 0 Å². The third kappa shape index (κ3) is 3.61. The van der Waals surface area contributed by atoms with Crippen LogP contribution in [0.25, 0.3) is 0 Å². The summed E-state index contributed by atoms with van der Waals surface area (Å²) in [5.74, 6) is -2.02. The Morgan fingerprint density at radius 3 is 2.65 bits per heavy atom. The van der Waals surface area contributed by atoms with Gasteiger partial charge in [-0.1, -0.05) is 17.7 Å². The minimum absolute atomic E-state index is 0.332. The monoisotopic (exact) mass is 405 g/mol. The first-order valence-corrected chi connectivity index (χ1v) is 7.13. The van der Waals surface area contributed by atoms with Crippen molar-refractivity contribution in [3.63, 3.8) is 0 Å². The molecule has 0 heterocycles. The van der Waals surface area contributed by atoms with E-state index in [1.54, 1.807) is 6.07 Å². The molecule has 0 aromatic heterocycles. The molecule has 0 fully saturated rings. The van der Waals surface area contributed by atoms with Crippen LogP contribution < -0.4 is 5.32 Å². The summed E-state index contributed by atoms with van der Waals surface area (Å²) in [5.41, 5.74) is 1.05. The molecule has 0 aliphatic carbocycles. The number of nitrogens with one attached hydrogen (secondary N) is 1. The molecule has 0 saturated carbocycles. The topological polar surface area (TPSA) is 49.3 Å². The van der Waals surface area contributed by atoms with Crippen molar-refractivity contribution in [3.05, 3.63) is 61.9 Å². The van der Waals surface area contributed by atoms with Crippen LogP contribution in [0.3, 0.4) is 0 Å². The second kappa shape index (κ2) is 6.41. The van der Waals surface area contributed by atoms with Gasteiger partial charge in [0.25, 0.3) is 0 Å². The minimum Gasteiger partial charge on any atom is -0.478 e. The highest BCUT2D eigenvalue weighted by atomic mass is 127. The van der Waals surface area contributed by atoms with Crippen molar-refractivity contribution >= 4 is 45.8 Å². The molecule has 0 aliphatic rings. The first kappa shape index (κ1) is 15.1. The number of carboxylic acids is 1. The maximum absolute atomic E-state index is 13.5. The van der Waals surface area contributed by atoms with Crippen molar-refractivity contribution in [2.45, 2.75) is 6.54 Å². The highest BCUT2D eigenvalue weighted by Crippen LogP contribution is 2.24. The fraction of sp³-hybridized carbons (Fsp3) is 0.0714. The number of halogens is 3. The van der Waals surface area contributed by atoms with Crippen LogP contribution in [0, 0.1) is 9.39 Å². The van der Waals surface area contributed by atoms with Crippen molar-refractivity contribution in [2.75, 3.05) is 5.32 Å². The van der Waals surface area contributed by atoms with Gasteiger partial charge >= 0.3 is 5.97 Å². The largest absolute Gasteiger partial charge is 0.478 e. The van der Waals surface area contributed by atoms with Crippen LogP contribution in [-0.4, -0.2) is 11.1 Å². The Kier molecular flexibility index (Phi) is 4.82. The fourth-order valence-electron chi connectivity index (χ4n) is 1.67. The lowest BCUT2D eigenvalue weighted by Crippen LogP contribution is -2.04. The normalized spacial score (nSPS) is 10.3. The van der Waals surface area contributed by atoms with Gasteiger partial charge < -0.3 is 10.4 Å². The van der Waals surface area contributed by atoms with Gasteiger partial charge in [-0.25, -0.2) is 9.18 Å². The van der Waals surface area contributed by atoms with Gasteiger partial charge in [-0.3, -0.25) is 0 Å². The lowest BCUT2D eigenvalue weighted by molar-refractivity contribution is 0.0692. The number of carbonyl (C=O) groups is 1. The molecular formula is C14H10ClFINO2. The first-order valence-electron chi connectivity index (χ1n) is 5.68. The smallest absolute Gasteiger partial charge is 0.338 e. The van der Waals surface area contributed by atoms with Gasteiger partial charge in [0.15, 0.2) is 0 Å². The molecule has 2 rings (SSSR count). The Morgan fingerprint density at radius 1 is 1.30 bits per heavy atom. The van der Waals surface area contributed by atoms with Crippen LogP contribution in [-0.2, 0) is 6.54 Å². The van der Waals surface area contributed by atoms with E-state index in [1.165, 1.54) is 12.1 Å². The summed E-state index contributed by atoms with van der Waals surface area (Å²) in [7, 11) is 0. The molecule has 0 amide bonds. The van der Waals surface area contributed by atoms with Crippen LogP contribution in [0.15, 0.2) is 36.4 Å². The number of benzene rings is 2. The number of rotatable bonds is 4. The minimum atomic E-state index is -1.28. The summed E-state index contributed by atoms with van der Waals surface area (Å²) >= 11 is 8.23. The molecule has 20 heavy (non-hydrogen) atoms. The Hall–Kier alpha value is -1.34. The number of aromatic carboxylic acids is 1. The fourth-order valence-corrected chi connectivity index (χ4v) is 2.59. The third-order valence-corrected chi connectivity index (χ3v) is 3.66. The second-order valence-corrected chi connectivity index (χ2v) is 5.75. The molecule has 104 valence electrons. The highest BCUT2D eigenvalue weighted by Gasteiger charge is 2.10. The predicted octanol–water partition coefficient (Wildman–Crippen LogP) is 4.39. The Morgan fingerprint density at radius 2 is 2.05 bits per heavy atom. The van der Waals surface area contributed by atoms with E-state index in [0.29, 0.717) is 17.1 Å². The van der Waals surface area contributed by atoms with Crippen LogP contribution in [0.1, 0.15) is 15.9 Å². The van der Waals surface area contributed by atoms with Crippen molar-refractivity contribution in [2.24, 2.45) is 0 Å². The Labute approximate surface area is 133 Å². The van der Waals surface area contributed by atoms with Crippen molar-refractivity contribution in [1.82, 2.24) is 0 Å². The van der Waals surface area contributed by atoms with Crippen molar-refractivity contribution < 1.29 is 14.3 Å². The Balaban J connectivity index is 2.11. The summed E-state index contributed by atoms with van der Waals surface area (Å²) < 4.78 is 14.5. The standard InChI is InChI=1S/C14H10ClFINO2/c15-11-6-9(17)2-4-13(11)18-7-8-1-3-10(14(19)20)12(16)5-8/h1-6,18H,7H2,(H,19,20). The maximum Gasteiger partial charge on any atom is 0.338 e. The number of hydrogen-bond acceptors (Lipinski definition) is 2. The van der Waals surface area contributed by atoms with Crippen molar-refractivity contribution in [1.29, 1.82) is 0 Å². The Bertz CT molecular complexity index is 664. The average molecular weight is 406 g/mol. The molecule has 0 unspecified atom stereocenters. The third-order valence-electron chi connectivity index (χ3n) is 2.68. The van der Waals surface area contributed by atoms with E-state index in [1.807, 2.05) is 18.2 Å². The first-order chi connectivity index (χ1) is 9.47. The van der Waals surface area contributed by atoms with E-state index in [4.69, 9.17) is 16.7 Å². The summed E-state index contributed by atoms with van der Waals surface area (Å²) in [6.07, 6.45) is 0. The lowest BCUT2D eigenvalue weighted by atomic mass is 10.1. The van der Waals surface area contributed by atoms with Crippen LogP contribution in [0.5, 0.6) is 0 Å². The molecule has 2 aromatic carbocycles. The molecule has 0 atom stereocenters. The van der Waals surface area contributed by atoms with E-state index >= 15 is 0 Å². The molecule has 0 radical (unpaired) electrons. The van der Waals surface area contributed by atoms with Gasteiger partial charge in [-0.2, -0.15) is 0 Å². The predicted molar refractivity (Wildman–Crippen MR) is 84.9 cm³/mol. The summed E-state index contributed by atoms with van der Waals surface area (Å²) in [5, 5.41) is 12.4. The van der Waals surface area contributed by atoms with Crippen LogP contribution in [0.4, 0.5) is 10.1 Å². The zero-order chi connectivity index (χ0) is 14.7. The number of anilines is 1. The maximum atomic E-state index is 13.5. The molecular weight excluding hydrogens is 396 g/mol. The van der Waals surface area contributed by atoms with Gasteiger partial charge in [0.2, 0.25) is 0 Å². The van der Waals surface area contributed by atoms with Crippen LogP contribution >= 0.6 is 34.2 Å². The molecule has 0 aliphatic heterocycles. The van der Waals surface area contributed by atoms with Gasteiger partial charge in [-0.05, 0) is 58.5 Å². The lowest BCUT2D eigenvalue weighted by Gasteiger charge is -2.09. The van der Waals surface area contributed by atoms with E-state index in [0.717, 1.165) is 9.26 Å². The number of hydrogen-bond donors (Lipinski definition) is 2. The number of carboxylic acid groups (broad SMARTS) is 1. The van der Waals surface area contributed by atoms with E-state index in [-0.39, 0.29) is 5.56 Å². The van der Waals surface area contributed by atoms with E-state index in [2.05, 4.69) is 27.9 Å². The zero-order valence-electron chi connectivity index (χ0n) is 10.2. The molecule has 2 N–H and O–H groups in total. The summed E-state index contributed by atoms with van der Waals surface area (Å²) in [4.78, 5) is 10.7.